The molecule has 2 aromatic carbocycles. The van der Waals surface area contributed by atoms with Crippen molar-refractivity contribution in [1.82, 2.24) is 10.6 Å². The van der Waals surface area contributed by atoms with Crippen LogP contribution in [0.15, 0.2) is 47.5 Å². The van der Waals surface area contributed by atoms with E-state index in [9.17, 15) is 14.7 Å². The minimum atomic E-state index is -0.762. The van der Waals surface area contributed by atoms with Gasteiger partial charge in [0, 0.05) is 13.1 Å². The lowest BCUT2D eigenvalue weighted by atomic mass is 10.1. The Labute approximate surface area is 190 Å². The molecule has 0 heterocycles. The van der Waals surface area contributed by atoms with Gasteiger partial charge in [0.25, 0.3) is 0 Å². The molecule has 2 rings (SSSR count). The number of benzene rings is 2. The maximum absolute atomic E-state index is 12.7. The molecular weight excluding hydrogens is 441 g/mol. The lowest BCUT2D eigenvalue weighted by Crippen LogP contribution is -2.47. The van der Waals surface area contributed by atoms with Gasteiger partial charge in [0.05, 0.1) is 16.5 Å². The molecular formula is C21H25Cl2N5O3. The van der Waals surface area contributed by atoms with E-state index in [1.807, 2.05) is 0 Å². The van der Waals surface area contributed by atoms with Gasteiger partial charge in [-0.2, -0.15) is 0 Å². The maximum Gasteiger partial charge on any atom is 0.242 e. The van der Waals surface area contributed by atoms with Crippen LogP contribution in [0.5, 0.6) is 5.75 Å². The normalized spacial score (nSPS) is 11.4. The highest BCUT2D eigenvalue weighted by Gasteiger charge is 2.20. The van der Waals surface area contributed by atoms with Crippen molar-refractivity contribution < 1.29 is 14.7 Å². The Bertz CT molecular complexity index is 931. The lowest BCUT2D eigenvalue weighted by Gasteiger charge is -2.18. The average molecular weight is 466 g/mol. The van der Waals surface area contributed by atoms with Crippen molar-refractivity contribution in [2.45, 2.75) is 31.8 Å². The van der Waals surface area contributed by atoms with E-state index >= 15 is 0 Å². The number of hydrogen-bond acceptors (Lipinski definition) is 4. The molecule has 0 saturated heterocycles. The number of aliphatic imine (C=N–C) groups is 1. The minimum absolute atomic E-state index is 0.0306. The van der Waals surface area contributed by atoms with Crippen molar-refractivity contribution in [2.75, 3.05) is 6.54 Å². The summed E-state index contributed by atoms with van der Waals surface area (Å²) in [5.74, 6) is -0.551. The van der Waals surface area contributed by atoms with Gasteiger partial charge in [0.15, 0.2) is 5.96 Å². The molecule has 2 aromatic rings. The number of phenolic OH excluding ortho intramolecular Hbond substituents is 1. The second-order valence-corrected chi connectivity index (χ2v) is 7.69. The number of carbonyl (C=O) groups is 2. The van der Waals surface area contributed by atoms with E-state index in [4.69, 9.17) is 34.7 Å². The summed E-state index contributed by atoms with van der Waals surface area (Å²) in [6.45, 7) is 0.596. The molecule has 0 aliphatic rings. The third-order valence-corrected chi connectivity index (χ3v) is 5.09. The van der Waals surface area contributed by atoms with Crippen LogP contribution >= 0.6 is 23.2 Å². The summed E-state index contributed by atoms with van der Waals surface area (Å²) in [4.78, 5) is 29.1. The van der Waals surface area contributed by atoms with E-state index < -0.39 is 6.04 Å². The maximum atomic E-state index is 12.7. The Kier molecular flexibility index (Phi) is 9.42. The first-order chi connectivity index (χ1) is 14.7. The van der Waals surface area contributed by atoms with Crippen LogP contribution in [0.2, 0.25) is 10.0 Å². The number of phenols is 1. The number of aromatic hydroxyl groups is 1. The Morgan fingerprint density at radius 1 is 1.03 bits per heavy atom. The van der Waals surface area contributed by atoms with Crippen molar-refractivity contribution in [2.24, 2.45) is 16.5 Å². The highest BCUT2D eigenvalue weighted by Crippen LogP contribution is 2.22. The fourth-order valence-corrected chi connectivity index (χ4v) is 3.10. The summed E-state index contributed by atoms with van der Waals surface area (Å²) in [5.41, 5.74) is 12.1. The number of rotatable bonds is 10. The number of guanidine groups is 1. The van der Waals surface area contributed by atoms with E-state index in [0.29, 0.717) is 35.0 Å². The third kappa shape index (κ3) is 8.74. The molecule has 0 unspecified atom stereocenters. The van der Waals surface area contributed by atoms with Crippen LogP contribution in [-0.4, -0.2) is 35.5 Å². The second-order valence-electron chi connectivity index (χ2n) is 6.88. The molecule has 0 aromatic heterocycles. The zero-order valence-electron chi connectivity index (χ0n) is 16.8. The number of carbonyl (C=O) groups excluding carboxylic acids is 2. The van der Waals surface area contributed by atoms with Crippen LogP contribution in [0.4, 0.5) is 0 Å². The fourth-order valence-electron chi connectivity index (χ4n) is 2.78. The second kappa shape index (κ2) is 12.0. The van der Waals surface area contributed by atoms with Gasteiger partial charge in [-0.3, -0.25) is 14.6 Å². The molecule has 1 atom stereocenters. The zero-order chi connectivity index (χ0) is 22.8. The van der Waals surface area contributed by atoms with Gasteiger partial charge in [-0.15, -0.1) is 0 Å². The van der Waals surface area contributed by atoms with Gasteiger partial charge < -0.3 is 27.2 Å². The zero-order valence-corrected chi connectivity index (χ0v) is 18.3. The molecule has 0 fully saturated rings. The van der Waals surface area contributed by atoms with Gasteiger partial charge in [0.2, 0.25) is 11.8 Å². The Morgan fingerprint density at radius 3 is 2.35 bits per heavy atom. The van der Waals surface area contributed by atoms with Crippen LogP contribution in [0, 0.1) is 0 Å². The number of nitrogens with one attached hydrogen (secondary N) is 2. The highest BCUT2D eigenvalue weighted by molar-refractivity contribution is 6.42. The van der Waals surface area contributed by atoms with Gasteiger partial charge in [-0.05, 0) is 48.2 Å². The Morgan fingerprint density at radius 2 is 1.71 bits per heavy atom. The van der Waals surface area contributed by atoms with Crippen molar-refractivity contribution in [1.29, 1.82) is 0 Å². The van der Waals surface area contributed by atoms with Crippen molar-refractivity contribution in [3.05, 3.63) is 63.6 Å². The van der Waals surface area contributed by atoms with Crippen LogP contribution < -0.4 is 22.1 Å². The highest BCUT2D eigenvalue weighted by atomic mass is 35.5. The fraction of sp³-hybridized carbons (Fsp3) is 0.286. The van der Waals surface area contributed by atoms with Gasteiger partial charge >= 0.3 is 0 Å². The predicted molar refractivity (Wildman–Crippen MR) is 122 cm³/mol. The SMILES string of the molecule is NC(N)=NCCC[C@@H](NC(=O)Cc1ccc(Cl)c(Cl)c1)C(=O)NCc1ccc(O)cc1. The molecule has 8 nitrogen and oxygen atoms in total. The van der Waals surface area contributed by atoms with E-state index in [1.54, 1.807) is 30.3 Å². The molecule has 10 heteroatoms. The number of hydrogen-bond donors (Lipinski definition) is 5. The standard InChI is InChI=1S/C21H25Cl2N5O3/c22-16-8-5-14(10-17(16)23)11-19(30)28-18(2-1-9-26-21(24)25)20(31)27-12-13-3-6-15(29)7-4-13/h3-8,10,18,29H,1-2,9,11-12H2,(H,27,31)(H,28,30)(H4,24,25,26)/t18-/m1/s1. The first-order valence-corrected chi connectivity index (χ1v) is 10.3. The number of nitrogens with two attached hydrogens (primary N) is 2. The molecule has 31 heavy (non-hydrogen) atoms. The van der Waals surface area contributed by atoms with Gasteiger partial charge in [-0.25, -0.2) is 0 Å². The molecule has 0 aliphatic carbocycles. The molecule has 166 valence electrons. The first kappa shape index (κ1) is 24.3. The summed E-state index contributed by atoms with van der Waals surface area (Å²) >= 11 is 11.9. The summed E-state index contributed by atoms with van der Waals surface area (Å²) in [6.07, 6.45) is 0.903. The molecule has 0 radical (unpaired) electrons. The van der Waals surface area contributed by atoms with E-state index in [2.05, 4.69) is 15.6 Å². The van der Waals surface area contributed by atoms with Crippen LogP contribution in [0.3, 0.4) is 0 Å². The monoisotopic (exact) mass is 465 g/mol. The van der Waals surface area contributed by atoms with Crippen LogP contribution in [-0.2, 0) is 22.6 Å². The molecule has 0 bridgehead atoms. The molecule has 0 aliphatic heterocycles. The van der Waals surface area contributed by atoms with Gasteiger partial charge in [0.1, 0.15) is 11.8 Å². The molecule has 0 saturated carbocycles. The van der Waals surface area contributed by atoms with Crippen LogP contribution in [0.25, 0.3) is 0 Å². The largest absolute Gasteiger partial charge is 0.508 e. The molecule has 0 spiro atoms. The Balaban J connectivity index is 1.98. The topological polar surface area (TPSA) is 143 Å². The summed E-state index contributed by atoms with van der Waals surface area (Å²) in [6, 6.07) is 10.6. The van der Waals surface area contributed by atoms with E-state index in [0.717, 1.165) is 5.56 Å². The smallest absolute Gasteiger partial charge is 0.242 e. The predicted octanol–water partition coefficient (Wildman–Crippen LogP) is 2.10. The Hall–Kier alpha value is -2.97. The van der Waals surface area contributed by atoms with Crippen LogP contribution in [0.1, 0.15) is 24.0 Å². The third-order valence-electron chi connectivity index (χ3n) is 4.35. The van der Waals surface area contributed by atoms with E-state index in [-0.39, 0.29) is 36.5 Å². The summed E-state index contributed by atoms with van der Waals surface area (Å²) < 4.78 is 0. The number of amides is 2. The number of halogens is 2. The summed E-state index contributed by atoms with van der Waals surface area (Å²) in [5, 5.41) is 15.7. The molecule has 7 N–H and O–H groups in total. The van der Waals surface area contributed by atoms with E-state index in [1.165, 1.54) is 12.1 Å². The molecule has 2 amide bonds. The lowest BCUT2D eigenvalue weighted by molar-refractivity contribution is -0.129. The minimum Gasteiger partial charge on any atom is -0.508 e. The summed E-state index contributed by atoms with van der Waals surface area (Å²) in [7, 11) is 0. The first-order valence-electron chi connectivity index (χ1n) is 9.59. The quantitative estimate of drug-likeness (QED) is 0.207. The van der Waals surface area contributed by atoms with Gasteiger partial charge in [-0.1, -0.05) is 41.4 Å². The van der Waals surface area contributed by atoms with Crippen molar-refractivity contribution >= 4 is 41.0 Å². The number of nitrogens with zero attached hydrogens (tertiary/aromatic N) is 1. The van der Waals surface area contributed by atoms with Crippen molar-refractivity contribution in [3.8, 4) is 5.75 Å². The van der Waals surface area contributed by atoms with Crippen molar-refractivity contribution in [3.63, 3.8) is 0 Å². The average Bonchev–Trinajstić information content (AvgIpc) is 2.72.